The van der Waals surface area contributed by atoms with Gasteiger partial charge in [-0.2, -0.15) is 0 Å². The molecule has 4 nitrogen and oxygen atoms in total. The zero-order valence-electron chi connectivity index (χ0n) is 9.41. The summed E-state index contributed by atoms with van der Waals surface area (Å²) in [5, 5.41) is 28.9. The van der Waals surface area contributed by atoms with Gasteiger partial charge in [-0.3, -0.25) is 0 Å². The number of aliphatic hydroxyl groups excluding tert-OH is 1. The van der Waals surface area contributed by atoms with Gasteiger partial charge >= 0.3 is 0 Å². The number of phenolic OH excluding ortho intramolecular Hbond substituents is 2. The Bertz CT molecular complexity index is 382. The lowest BCUT2D eigenvalue weighted by atomic mass is 9.77. The van der Waals surface area contributed by atoms with Crippen molar-refractivity contribution in [1.29, 1.82) is 0 Å². The molecule has 0 amide bonds. The van der Waals surface area contributed by atoms with E-state index in [0.29, 0.717) is 5.56 Å². The van der Waals surface area contributed by atoms with Crippen LogP contribution in [0.4, 0.5) is 0 Å². The maximum absolute atomic E-state index is 9.99. The van der Waals surface area contributed by atoms with Crippen LogP contribution in [0, 0.1) is 5.92 Å². The Labute approximate surface area is 106 Å². The van der Waals surface area contributed by atoms with Gasteiger partial charge in [0, 0.05) is 5.56 Å². The Morgan fingerprint density at radius 1 is 1.24 bits per heavy atom. The van der Waals surface area contributed by atoms with Crippen molar-refractivity contribution in [2.75, 3.05) is 0 Å². The first-order chi connectivity index (χ1) is 7.59. The summed E-state index contributed by atoms with van der Waals surface area (Å²) in [6, 6.07) is 3.54. The molecule has 0 heterocycles. The maximum Gasteiger partial charge on any atom is 0.120 e. The van der Waals surface area contributed by atoms with Crippen LogP contribution >= 0.6 is 12.4 Å². The highest BCUT2D eigenvalue weighted by Crippen LogP contribution is 2.37. The van der Waals surface area contributed by atoms with Crippen molar-refractivity contribution in [1.82, 2.24) is 0 Å². The zero-order chi connectivity index (χ0) is 11.7. The quantitative estimate of drug-likeness (QED) is 0.622. The molecule has 0 aliphatic heterocycles. The lowest BCUT2D eigenvalue weighted by Gasteiger charge is -2.34. The van der Waals surface area contributed by atoms with Crippen LogP contribution in [-0.4, -0.2) is 21.4 Å². The fraction of sp³-hybridized carbons (Fsp3) is 0.500. The average Bonchev–Trinajstić information content (AvgIpc) is 2.18. The van der Waals surface area contributed by atoms with Gasteiger partial charge in [0.05, 0.1) is 12.1 Å². The minimum Gasteiger partial charge on any atom is -0.508 e. The third-order valence-corrected chi connectivity index (χ3v) is 3.37. The number of phenols is 2. The number of benzene rings is 1. The van der Waals surface area contributed by atoms with Crippen LogP contribution in [0.2, 0.25) is 0 Å². The van der Waals surface area contributed by atoms with Gasteiger partial charge < -0.3 is 21.1 Å². The lowest BCUT2D eigenvalue weighted by molar-refractivity contribution is 0.0407. The summed E-state index contributed by atoms with van der Waals surface area (Å²) in [6.07, 6.45) is 2.44. The van der Waals surface area contributed by atoms with E-state index in [4.69, 9.17) is 5.73 Å². The number of aliphatic hydroxyl groups is 1. The van der Waals surface area contributed by atoms with Crippen LogP contribution < -0.4 is 5.73 Å². The predicted octanol–water partition coefficient (Wildman–Crippen LogP) is 1.68. The van der Waals surface area contributed by atoms with Gasteiger partial charge in [0.2, 0.25) is 0 Å². The van der Waals surface area contributed by atoms with Gasteiger partial charge in [-0.1, -0.05) is 6.42 Å². The smallest absolute Gasteiger partial charge is 0.120 e. The summed E-state index contributed by atoms with van der Waals surface area (Å²) in [5.41, 5.74) is 6.30. The number of rotatable bonds is 3. The van der Waals surface area contributed by atoms with Crippen molar-refractivity contribution in [3.8, 4) is 11.5 Å². The second-order valence-electron chi connectivity index (χ2n) is 4.45. The first-order valence-electron chi connectivity index (χ1n) is 5.55. The van der Waals surface area contributed by atoms with Gasteiger partial charge in [0.15, 0.2) is 0 Å². The van der Waals surface area contributed by atoms with Crippen molar-refractivity contribution in [2.24, 2.45) is 11.7 Å². The third-order valence-electron chi connectivity index (χ3n) is 3.37. The molecule has 2 rings (SSSR count). The molecule has 17 heavy (non-hydrogen) atoms. The highest BCUT2D eigenvalue weighted by Gasteiger charge is 2.31. The van der Waals surface area contributed by atoms with E-state index in [9.17, 15) is 15.3 Å². The van der Waals surface area contributed by atoms with Gasteiger partial charge in [-0.15, -0.1) is 12.4 Å². The molecule has 0 radical (unpaired) electrons. The molecule has 0 unspecified atom stereocenters. The number of hydrogen-bond donors (Lipinski definition) is 4. The predicted molar refractivity (Wildman–Crippen MR) is 67.3 cm³/mol. The Hall–Kier alpha value is -0.970. The Morgan fingerprint density at radius 3 is 2.41 bits per heavy atom. The summed E-state index contributed by atoms with van der Waals surface area (Å²) in [6.45, 7) is 0. The van der Waals surface area contributed by atoms with E-state index in [2.05, 4.69) is 0 Å². The minimum absolute atomic E-state index is 0. The summed E-state index contributed by atoms with van der Waals surface area (Å²) in [7, 11) is 0. The molecule has 0 bridgehead atoms. The van der Waals surface area contributed by atoms with Crippen LogP contribution in [0.1, 0.15) is 30.9 Å². The molecule has 0 spiro atoms. The Morgan fingerprint density at radius 2 is 1.88 bits per heavy atom. The molecule has 1 aromatic carbocycles. The summed E-state index contributed by atoms with van der Waals surface area (Å²) < 4.78 is 0. The van der Waals surface area contributed by atoms with Crippen molar-refractivity contribution >= 4 is 12.4 Å². The number of aromatic hydroxyl groups is 2. The summed E-state index contributed by atoms with van der Waals surface area (Å²) in [4.78, 5) is 0. The molecule has 2 atom stereocenters. The molecule has 1 saturated carbocycles. The molecular weight excluding hydrogens is 242 g/mol. The van der Waals surface area contributed by atoms with E-state index in [1.807, 2.05) is 0 Å². The van der Waals surface area contributed by atoms with Crippen LogP contribution in [0.5, 0.6) is 11.5 Å². The van der Waals surface area contributed by atoms with Crippen molar-refractivity contribution < 1.29 is 15.3 Å². The highest BCUT2D eigenvalue weighted by atomic mass is 35.5. The average molecular weight is 260 g/mol. The zero-order valence-corrected chi connectivity index (χ0v) is 10.2. The summed E-state index contributed by atoms with van der Waals surface area (Å²) >= 11 is 0. The fourth-order valence-corrected chi connectivity index (χ4v) is 2.07. The van der Waals surface area contributed by atoms with E-state index in [1.54, 1.807) is 0 Å². The second kappa shape index (κ2) is 5.58. The molecule has 1 aliphatic rings. The molecule has 1 aliphatic carbocycles. The van der Waals surface area contributed by atoms with Crippen LogP contribution in [-0.2, 0) is 0 Å². The lowest BCUT2D eigenvalue weighted by Crippen LogP contribution is -2.36. The third kappa shape index (κ3) is 2.83. The first-order valence-corrected chi connectivity index (χ1v) is 5.55. The van der Waals surface area contributed by atoms with Gasteiger partial charge in [0.1, 0.15) is 11.5 Å². The van der Waals surface area contributed by atoms with E-state index >= 15 is 0 Å². The van der Waals surface area contributed by atoms with Gasteiger partial charge in [-0.05, 0) is 37.0 Å². The molecule has 5 N–H and O–H groups in total. The van der Waals surface area contributed by atoms with Crippen molar-refractivity contribution in [2.45, 2.75) is 31.4 Å². The van der Waals surface area contributed by atoms with Crippen LogP contribution in [0.25, 0.3) is 0 Å². The SMILES string of the molecule is Cl.N[C@@H](c1cc(O)ccc1O)[C@H](O)C1CCC1. The number of nitrogens with two attached hydrogens (primary N) is 1. The first kappa shape index (κ1) is 14.1. The summed E-state index contributed by atoms with van der Waals surface area (Å²) in [5.74, 6) is 0.282. The van der Waals surface area contributed by atoms with E-state index in [1.165, 1.54) is 18.2 Å². The second-order valence-corrected chi connectivity index (χ2v) is 4.45. The maximum atomic E-state index is 9.99. The highest BCUT2D eigenvalue weighted by molar-refractivity contribution is 5.85. The topological polar surface area (TPSA) is 86.7 Å². The minimum atomic E-state index is -0.651. The molecule has 1 aromatic rings. The van der Waals surface area contributed by atoms with Crippen LogP contribution in [0.3, 0.4) is 0 Å². The largest absolute Gasteiger partial charge is 0.508 e. The van der Waals surface area contributed by atoms with Crippen molar-refractivity contribution in [3.63, 3.8) is 0 Å². The Kier molecular flexibility index (Phi) is 4.62. The van der Waals surface area contributed by atoms with E-state index in [0.717, 1.165) is 19.3 Å². The number of halogens is 1. The molecule has 0 aromatic heterocycles. The fourth-order valence-electron chi connectivity index (χ4n) is 2.07. The van der Waals surface area contributed by atoms with Gasteiger partial charge in [0.25, 0.3) is 0 Å². The Balaban J connectivity index is 0.00000144. The molecule has 1 fully saturated rings. The molecule has 96 valence electrons. The van der Waals surface area contributed by atoms with Gasteiger partial charge in [-0.25, -0.2) is 0 Å². The molecular formula is C12H18ClNO3. The monoisotopic (exact) mass is 259 g/mol. The van der Waals surface area contributed by atoms with Crippen LogP contribution in [0.15, 0.2) is 18.2 Å². The van der Waals surface area contributed by atoms with E-state index < -0.39 is 12.1 Å². The van der Waals surface area contributed by atoms with Crippen molar-refractivity contribution in [3.05, 3.63) is 23.8 Å². The number of hydrogen-bond acceptors (Lipinski definition) is 4. The molecule has 0 saturated heterocycles. The standard InChI is InChI=1S/C12H17NO3.ClH/c13-11(12(16)7-2-1-3-7)9-6-8(14)4-5-10(9)15;/h4-7,11-12,14-16H,1-3,13H2;1H/t11-,12+;/m0./s1. The normalized spacial score (nSPS) is 18.9. The molecule has 5 heteroatoms. The van der Waals surface area contributed by atoms with E-state index in [-0.39, 0.29) is 29.8 Å².